The van der Waals surface area contributed by atoms with Gasteiger partial charge in [0.25, 0.3) is 0 Å². The third-order valence-corrected chi connectivity index (χ3v) is 1.57. The molecule has 2 N–H and O–H groups in total. The van der Waals surface area contributed by atoms with E-state index in [1.807, 2.05) is 34.6 Å². The van der Waals surface area contributed by atoms with E-state index in [1.165, 1.54) is 0 Å². The van der Waals surface area contributed by atoms with Gasteiger partial charge in [-0.3, -0.25) is 4.98 Å². The minimum absolute atomic E-state index is 0.160. The third-order valence-electron chi connectivity index (χ3n) is 1.57. The molecule has 0 fully saturated rings. The van der Waals surface area contributed by atoms with Crippen LogP contribution in [0.5, 0.6) is 5.75 Å². The molecule has 0 saturated carbocycles. The van der Waals surface area contributed by atoms with Gasteiger partial charge in [0, 0.05) is 5.56 Å². The van der Waals surface area contributed by atoms with Crippen molar-refractivity contribution in [2.45, 2.75) is 40.7 Å². The average molecular weight is 196 g/mol. The zero-order valence-corrected chi connectivity index (χ0v) is 9.66. The highest BCUT2D eigenvalue weighted by Gasteiger charge is 2.04. The molecule has 80 valence electrons. The molecule has 0 aromatic carbocycles. The predicted octanol–water partition coefficient (Wildman–Crippen LogP) is 2.79. The molecule has 14 heavy (non-hydrogen) atoms. The molecule has 0 saturated heterocycles. The van der Waals surface area contributed by atoms with Gasteiger partial charge in [0.2, 0.25) is 0 Å². The van der Waals surface area contributed by atoms with Gasteiger partial charge in [-0.05, 0) is 20.8 Å². The Balaban J connectivity index is 0.000000791. The van der Waals surface area contributed by atoms with Gasteiger partial charge in [-0.2, -0.15) is 0 Å². The van der Waals surface area contributed by atoms with Crippen molar-refractivity contribution < 1.29 is 4.74 Å². The molecule has 0 spiro atoms. The number of hydrogen-bond donors (Lipinski definition) is 1. The molecule has 1 aromatic rings. The van der Waals surface area contributed by atoms with E-state index in [2.05, 4.69) is 4.98 Å². The normalized spacial score (nSPS) is 9.29. The van der Waals surface area contributed by atoms with E-state index in [0.717, 1.165) is 11.3 Å². The summed E-state index contributed by atoms with van der Waals surface area (Å²) in [5, 5.41) is 0. The molecule has 1 rings (SSSR count). The Bertz CT molecular complexity index is 272. The van der Waals surface area contributed by atoms with Crippen LogP contribution in [0.4, 0.5) is 5.69 Å². The summed E-state index contributed by atoms with van der Waals surface area (Å²) in [6.45, 7) is 9.87. The predicted molar refractivity (Wildman–Crippen MR) is 60.5 cm³/mol. The first-order valence-electron chi connectivity index (χ1n) is 4.98. The van der Waals surface area contributed by atoms with E-state index in [1.54, 1.807) is 12.4 Å². The Morgan fingerprint density at radius 2 is 1.86 bits per heavy atom. The topological polar surface area (TPSA) is 48.1 Å². The minimum atomic E-state index is 0.160. The largest absolute Gasteiger partial charge is 0.489 e. The number of ether oxygens (including phenoxy) is 1. The quantitative estimate of drug-likeness (QED) is 0.791. The van der Waals surface area contributed by atoms with Crippen molar-refractivity contribution in [3.63, 3.8) is 0 Å². The number of anilines is 1. The second-order valence-electron chi connectivity index (χ2n) is 3.02. The molecule has 0 radical (unpaired) electrons. The molecule has 0 aliphatic rings. The van der Waals surface area contributed by atoms with Gasteiger partial charge >= 0.3 is 0 Å². The summed E-state index contributed by atoms with van der Waals surface area (Å²) in [4.78, 5) is 3.95. The Kier molecular flexibility index (Phi) is 5.68. The van der Waals surface area contributed by atoms with E-state index >= 15 is 0 Å². The molecular formula is C11H20N2O. The molecule has 0 aliphatic carbocycles. The van der Waals surface area contributed by atoms with Gasteiger partial charge in [-0.25, -0.2) is 0 Å². The summed E-state index contributed by atoms with van der Waals surface area (Å²) in [6, 6.07) is 0. The summed E-state index contributed by atoms with van der Waals surface area (Å²) < 4.78 is 5.48. The van der Waals surface area contributed by atoms with Crippen LogP contribution in [-0.4, -0.2) is 11.1 Å². The molecule has 0 atom stereocenters. The van der Waals surface area contributed by atoms with Crippen LogP contribution in [-0.2, 0) is 0 Å². The van der Waals surface area contributed by atoms with E-state index in [-0.39, 0.29) is 6.10 Å². The highest BCUT2D eigenvalue weighted by atomic mass is 16.5. The van der Waals surface area contributed by atoms with Crippen molar-refractivity contribution in [3.05, 3.63) is 18.0 Å². The Morgan fingerprint density at radius 1 is 1.29 bits per heavy atom. The Morgan fingerprint density at radius 3 is 2.36 bits per heavy atom. The van der Waals surface area contributed by atoms with E-state index in [9.17, 15) is 0 Å². The molecular weight excluding hydrogens is 176 g/mol. The molecule has 3 heteroatoms. The SMILES string of the molecule is CC.Cc1c(N)cncc1OC(C)C. The van der Waals surface area contributed by atoms with Crippen molar-refractivity contribution in [2.24, 2.45) is 0 Å². The van der Waals surface area contributed by atoms with Crippen LogP contribution in [0.25, 0.3) is 0 Å². The Hall–Kier alpha value is -1.25. The average Bonchev–Trinajstić information content (AvgIpc) is 2.16. The summed E-state index contributed by atoms with van der Waals surface area (Å²) >= 11 is 0. The maximum atomic E-state index is 5.65. The number of hydrogen-bond acceptors (Lipinski definition) is 3. The van der Waals surface area contributed by atoms with E-state index in [4.69, 9.17) is 10.5 Å². The Labute approximate surface area is 86.3 Å². The number of nitrogens with zero attached hydrogens (tertiary/aromatic N) is 1. The monoisotopic (exact) mass is 196 g/mol. The second kappa shape index (κ2) is 6.24. The lowest BCUT2D eigenvalue weighted by Gasteiger charge is -2.12. The number of pyridine rings is 1. The first kappa shape index (κ1) is 12.8. The first-order chi connectivity index (χ1) is 6.61. The van der Waals surface area contributed by atoms with E-state index in [0.29, 0.717) is 5.69 Å². The maximum Gasteiger partial charge on any atom is 0.142 e. The fraction of sp³-hybridized carbons (Fsp3) is 0.545. The maximum absolute atomic E-state index is 5.65. The molecule has 0 bridgehead atoms. The van der Waals surface area contributed by atoms with Crippen LogP contribution in [0.2, 0.25) is 0 Å². The van der Waals surface area contributed by atoms with Gasteiger partial charge < -0.3 is 10.5 Å². The van der Waals surface area contributed by atoms with Crippen LogP contribution in [0, 0.1) is 6.92 Å². The lowest BCUT2D eigenvalue weighted by atomic mass is 10.2. The molecule has 1 aromatic heterocycles. The standard InChI is InChI=1S/C9H14N2O.C2H6/c1-6(2)12-9-5-11-4-8(10)7(9)3;1-2/h4-6H,10H2,1-3H3;1-2H3. The smallest absolute Gasteiger partial charge is 0.142 e. The van der Waals surface area contributed by atoms with Gasteiger partial charge in [0.05, 0.1) is 24.2 Å². The zero-order valence-electron chi connectivity index (χ0n) is 9.66. The van der Waals surface area contributed by atoms with Crippen LogP contribution < -0.4 is 10.5 Å². The van der Waals surface area contributed by atoms with Crippen LogP contribution in [0.15, 0.2) is 12.4 Å². The summed E-state index contributed by atoms with van der Waals surface area (Å²) in [7, 11) is 0. The second-order valence-corrected chi connectivity index (χ2v) is 3.02. The van der Waals surface area contributed by atoms with Crippen molar-refractivity contribution in [3.8, 4) is 5.75 Å². The van der Waals surface area contributed by atoms with Crippen LogP contribution in [0.3, 0.4) is 0 Å². The summed E-state index contributed by atoms with van der Waals surface area (Å²) in [5.41, 5.74) is 7.29. The first-order valence-corrected chi connectivity index (χ1v) is 4.98. The fourth-order valence-corrected chi connectivity index (χ4v) is 0.894. The summed E-state index contributed by atoms with van der Waals surface area (Å²) in [5.74, 6) is 0.769. The van der Waals surface area contributed by atoms with E-state index < -0.39 is 0 Å². The van der Waals surface area contributed by atoms with Crippen LogP contribution >= 0.6 is 0 Å². The highest BCUT2D eigenvalue weighted by Crippen LogP contribution is 2.21. The molecule has 0 unspecified atom stereocenters. The number of aromatic nitrogens is 1. The van der Waals surface area contributed by atoms with Gasteiger partial charge in [-0.1, -0.05) is 13.8 Å². The molecule has 0 amide bonds. The fourth-order valence-electron chi connectivity index (χ4n) is 0.894. The number of nitrogen functional groups attached to an aromatic ring is 1. The molecule has 0 aliphatic heterocycles. The van der Waals surface area contributed by atoms with Gasteiger partial charge in [-0.15, -0.1) is 0 Å². The lowest BCUT2D eigenvalue weighted by molar-refractivity contribution is 0.240. The third kappa shape index (κ3) is 3.64. The van der Waals surface area contributed by atoms with Crippen LogP contribution in [0.1, 0.15) is 33.3 Å². The van der Waals surface area contributed by atoms with Crippen molar-refractivity contribution in [1.29, 1.82) is 0 Å². The molecule has 1 heterocycles. The zero-order chi connectivity index (χ0) is 11.1. The minimum Gasteiger partial charge on any atom is -0.489 e. The lowest BCUT2D eigenvalue weighted by Crippen LogP contribution is -2.07. The number of nitrogens with two attached hydrogens (primary N) is 1. The van der Waals surface area contributed by atoms with Crippen molar-refractivity contribution in [1.82, 2.24) is 4.98 Å². The van der Waals surface area contributed by atoms with Crippen molar-refractivity contribution >= 4 is 5.69 Å². The van der Waals surface area contributed by atoms with Crippen molar-refractivity contribution in [2.75, 3.05) is 5.73 Å². The summed E-state index contributed by atoms with van der Waals surface area (Å²) in [6.07, 6.45) is 3.47. The number of rotatable bonds is 2. The van der Waals surface area contributed by atoms with Gasteiger partial charge in [0.1, 0.15) is 5.75 Å². The van der Waals surface area contributed by atoms with Gasteiger partial charge in [0.15, 0.2) is 0 Å². The molecule has 3 nitrogen and oxygen atoms in total. The highest BCUT2D eigenvalue weighted by molar-refractivity contribution is 5.50.